The van der Waals surface area contributed by atoms with E-state index in [1.54, 1.807) is 23.5 Å². The number of sulfone groups is 1. The summed E-state index contributed by atoms with van der Waals surface area (Å²) in [5, 5.41) is 6.49. The Morgan fingerprint density at radius 3 is 2.95 bits per heavy atom. The van der Waals surface area contributed by atoms with E-state index in [2.05, 4.69) is 10.3 Å². The van der Waals surface area contributed by atoms with Gasteiger partial charge in [-0.05, 0) is 25.0 Å². The van der Waals surface area contributed by atoms with Gasteiger partial charge in [-0.15, -0.1) is 11.3 Å². The lowest BCUT2D eigenvalue weighted by molar-refractivity contribution is 0.491. The van der Waals surface area contributed by atoms with Gasteiger partial charge in [-0.1, -0.05) is 18.2 Å². The quantitative estimate of drug-likeness (QED) is 0.946. The van der Waals surface area contributed by atoms with Crippen LogP contribution in [0.25, 0.3) is 0 Å². The number of aromatic nitrogens is 1. The van der Waals surface area contributed by atoms with Crippen LogP contribution in [0.4, 0.5) is 0 Å². The van der Waals surface area contributed by atoms with E-state index in [4.69, 9.17) is 0 Å². The van der Waals surface area contributed by atoms with Gasteiger partial charge in [0.15, 0.2) is 9.84 Å². The van der Waals surface area contributed by atoms with Crippen LogP contribution in [0.1, 0.15) is 28.7 Å². The highest BCUT2D eigenvalue weighted by Crippen LogP contribution is 2.32. The largest absolute Gasteiger partial charge is 0.303 e. The SMILES string of the molecule is Cc1csc(CNC2CCS(=O)(=O)c3ccccc32)n1. The first-order chi connectivity index (χ1) is 9.56. The average molecular weight is 308 g/mol. The van der Waals surface area contributed by atoms with Crippen molar-refractivity contribution in [2.24, 2.45) is 0 Å². The van der Waals surface area contributed by atoms with Crippen LogP contribution < -0.4 is 5.32 Å². The number of fused-ring (bicyclic) bond motifs is 1. The van der Waals surface area contributed by atoms with E-state index in [-0.39, 0.29) is 11.8 Å². The van der Waals surface area contributed by atoms with Crippen LogP contribution in [0.3, 0.4) is 0 Å². The molecule has 20 heavy (non-hydrogen) atoms. The Balaban J connectivity index is 1.82. The number of aryl methyl sites for hydroxylation is 1. The molecule has 0 radical (unpaired) electrons. The highest BCUT2D eigenvalue weighted by molar-refractivity contribution is 7.91. The molecule has 0 fully saturated rings. The molecule has 0 bridgehead atoms. The molecular weight excluding hydrogens is 292 g/mol. The van der Waals surface area contributed by atoms with Crippen LogP contribution in [-0.4, -0.2) is 19.2 Å². The van der Waals surface area contributed by atoms with Crippen molar-refractivity contribution in [3.8, 4) is 0 Å². The topological polar surface area (TPSA) is 59.1 Å². The van der Waals surface area contributed by atoms with E-state index < -0.39 is 9.84 Å². The van der Waals surface area contributed by atoms with E-state index in [1.807, 2.05) is 24.4 Å². The zero-order chi connectivity index (χ0) is 14.2. The van der Waals surface area contributed by atoms with Crippen molar-refractivity contribution in [1.82, 2.24) is 10.3 Å². The summed E-state index contributed by atoms with van der Waals surface area (Å²) in [5.74, 6) is 0.207. The monoisotopic (exact) mass is 308 g/mol. The molecule has 0 saturated heterocycles. The molecule has 2 aromatic rings. The van der Waals surface area contributed by atoms with Crippen molar-refractivity contribution in [2.45, 2.75) is 30.8 Å². The minimum atomic E-state index is -3.11. The van der Waals surface area contributed by atoms with Gasteiger partial charge in [0.05, 0.1) is 10.6 Å². The highest BCUT2D eigenvalue weighted by Gasteiger charge is 2.29. The Morgan fingerprint density at radius 1 is 1.40 bits per heavy atom. The van der Waals surface area contributed by atoms with Crippen LogP contribution in [0.15, 0.2) is 34.5 Å². The first kappa shape index (κ1) is 13.7. The molecular formula is C14H16N2O2S2. The molecule has 1 aliphatic heterocycles. The molecule has 1 N–H and O–H groups in total. The number of nitrogens with one attached hydrogen (secondary N) is 1. The molecule has 0 amide bonds. The van der Waals surface area contributed by atoms with E-state index in [1.165, 1.54) is 0 Å². The van der Waals surface area contributed by atoms with Crippen molar-refractivity contribution in [3.63, 3.8) is 0 Å². The third-order valence-corrected chi connectivity index (χ3v) is 6.25. The molecule has 3 rings (SSSR count). The summed E-state index contributed by atoms with van der Waals surface area (Å²) in [4.78, 5) is 4.89. The molecule has 0 aliphatic carbocycles. The Morgan fingerprint density at radius 2 is 2.20 bits per heavy atom. The Hall–Kier alpha value is -1.24. The molecule has 2 heterocycles. The zero-order valence-electron chi connectivity index (χ0n) is 11.2. The predicted molar refractivity (Wildman–Crippen MR) is 79.5 cm³/mol. The Kier molecular flexibility index (Phi) is 3.62. The van der Waals surface area contributed by atoms with Gasteiger partial charge in [0.25, 0.3) is 0 Å². The van der Waals surface area contributed by atoms with Crippen molar-refractivity contribution >= 4 is 21.2 Å². The minimum Gasteiger partial charge on any atom is -0.303 e. The standard InChI is InChI=1S/C14H16N2O2S2/c1-10-9-19-14(16-10)8-15-12-6-7-20(17,18)13-5-3-2-4-11(12)13/h2-5,9,12,15H,6-8H2,1H3. The van der Waals surface area contributed by atoms with E-state index in [0.717, 1.165) is 16.3 Å². The molecule has 1 unspecified atom stereocenters. The molecule has 4 nitrogen and oxygen atoms in total. The van der Waals surface area contributed by atoms with Crippen LogP contribution in [0, 0.1) is 6.92 Å². The predicted octanol–water partition coefficient (Wildman–Crippen LogP) is 2.46. The second-order valence-electron chi connectivity index (χ2n) is 4.96. The van der Waals surface area contributed by atoms with Gasteiger partial charge in [0, 0.05) is 23.7 Å². The Bertz CT molecular complexity index is 722. The maximum absolute atomic E-state index is 12.1. The summed E-state index contributed by atoms with van der Waals surface area (Å²) < 4.78 is 24.1. The van der Waals surface area contributed by atoms with Crippen LogP contribution >= 0.6 is 11.3 Å². The van der Waals surface area contributed by atoms with Crippen LogP contribution in [0.5, 0.6) is 0 Å². The molecule has 1 atom stereocenters. The number of benzene rings is 1. The van der Waals surface area contributed by atoms with Crippen molar-refractivity contribution in [2.75, 3.05) is 5.75 Å². The summed E-state index contributed by atoms with van der Waals surface area (Å²) >= 11 is 1.63. The molecule has 6 heteroatoms. The molecule has 1 aliphatic rings. The first-order valence-electron chi connectivity index (χ1n) is 6.52. The fourth-order valence-electron chi connectivity index (χ4n) is 2.50. The molecule has 1 aromatic heterocycles. The van der Waals surface area contributed by atoms with E-state index in [0.29, 0.717) is 17.9 Å². The number of nitrogens with zero attached hydrogens (tertiary/aromatic N) is 1. The molecule has 0 spiro atoms. The lowest BCUT2D eigenvalue weighted by Gasteiger charge is -2.26. The fourth-order valence-corrected chi connectivity index (χ4v) is 4.84. The van der Waals surface area contributed by atoms with Gasteiger partial charge in [-0.3, -0.25) is 0 Å². The van der Waals surface area contributed by atoms with Gasteiger partial charge in [0.2, 0.25) is 0 Å². The Labute approximate surface area is 122 Å². The first-order valence-corrected chi connectivity index (χ1v) is 9.05. The van der Waals surface area contributed by atoms with E-state index in [9.17, 15) is 8.42 Å². The third-order valence-electron chi connectivity index (χ3n) is 3.47. The van der Waals surface area contributed by atoms with E-state index >= 15 is 0 Å². The average Bonchev–Trinajstić information content (AvgIpc) is 2.84. The number of rotatable bonds is 3. The lowest BCUT2D eigenvalue weighted by Crippen LogP contribution is -2.29. The summed E-state index contributed by atoms with van der Waals surface area (Å²) in [6, 6.07) is 7.35. The van der Waals surface area contributed by atoms with Gasteiger partial charge >= 0.3 is 0 Å². The number of hydrogen-bond donors (Lipinski definition) is 1. The third kappa shape index (κ3) is 2.63. The van der Waals surface area contributed by atoms with Crippen LogP contribution in [0.2, 0.25) is 0 Å². The summed E-state index contributed by atoms with van der Waals surface area (Å²) in [6.45, 7) is 2.65. The smallest absolute Gasteiger partial charge is 0.178 e. The fraction of sp³-hybridized carbons (Fsp3) is 0.357. The second kappa shape index (κ2) is 5.27. The van der Waals surface area contributed by atoms with Crippen molar-refractivity contribution in [3.05, 3.63) is 45.9 Å². The van der Waals surface area contributed by atoms with Crippen molar-refractivity contribution < 1.29 is 8.42 Å². The summed E-state index contributed by atoms with van der Waals surface area (Å²) in [7, 11) is -3.11. The summed E-state index contributed by atoms with van der Waals surface area (Å²) in [5.41, 5.74) is 1.91. The maximum Gasteiger partial charge on any atom is 0.178 e. The maximum atomic E-state index is 12.1. The normalized spacial score (nSPS) is 20.6. The zero-order valence-corrected chi connectivity index (χ0v) is 12.8. The van der Waals surface area contributed by atoms with Gasteiger partial charge < -0.3 is 5.32 Å². The molecule has 106 valence electrons. The number of thiazole rings is 1. The summed E-state index contributed by atoms with van der Waals surface area (Å²) in [6.07, 6.45) is 0.615. The second-order valence-corrected chi connectivity index (χ2v) is 7.98. The molecule has 0 saturated carbocycles. The van der Waals surface area contributed by atoms with Gasteiger partial charge in [-0.25, -0.2) is 13.4 Å². The lowest BCUT2D eigenvalue weighted by atomic mass is 10.0. The molecule has 1 aromatic carbocycles. The van der Waals surface area contributed by atoms with Gasteiger partial charge in [0.1, 0.15) is 5.01 Å². The number of hydrogen-bond acceptors (Lipinski definition) is 5. The van der Waals surface area contributed by atoms with Crippen LogP contribution in [-0.2, 0) is 16.4 Å². The van der Waals surface area contributed by atoms with Crippen molar-refractivity contribution in [1.29, 1.82) is 0 Å². The highest BCUT2D eigenvalue weighted by atomic mass is 32.2. The minimum absolute atomic E-state index is 0.0823. The van der Waals surface area contributed by atoms with Gasteiger partial charge in [-0.2, -0.15) is 0 Å².